The average molecular weight is 371 g/mol. The van der Waals surface area contributed by atoms with Crippen LogP contribution in [0, 0.1) is 5.82 Å². The maximum absolute atomic E-state index is 13.4. The van der Waals surface area contributed by atoms with Crippen LogP contribution in [0.4, 0.5) is 4.39 Å². The molecule has 4 nitrogen and oxygen atoms in total. The molecule has 1 amide bonds. The van der Waals surface area contributed by atoms with Gasteiger partial charge in [-0.15, -0.1) is 11.3 Å². The third-order valence-electron chi connectivity index (χ3n) is 3.72. The van der Waals surface area contributed by atoms with Crippen LogP contribution in [0.5, 0.6) is 5.75 Å². The van der Waals surface area contributed by atoms with Gasteiger partial charge in [0.1, 0.15) is 6.10 Å². The number of rotatable bonds is 7. The Labute approximate surface area is 154 Å². The van der Waals surface area contributed by atoms with Crippen molar-refractivity contribution < 1.29 is 19.0 Å². The number of aliphatic hydroxyl groups excluding tert-OH is 1. The highest BCUT2D eigenvalue weighted by Crippen LogP contribution is 2.28. The minimum atomic E-state index is -0.685. The van der Waals surface area contributed by atoms with E-state index in [-0.39, 0.29) is 18.3 Å². The molecule has 134 valence electrons. The number of ether oxygens (including phenoxy) is 1. The van der Waals surface area contributed by atoms with Crippen LogP contribution in [-0.4, -0.2) is 17.6 Å². The molecule has 0 bridgehead atoms. The van der Waals surface area contributed by atoms with Gasteiger partial charge in [-0.1, -0.05) is 42.5 Å². The molecule has 3 rings (SSSR count). The van der Waals surface area contributed by atoms with E-state index in [9.17, 15) is 14.3 Å². The quantitative estimate of drug-likeness (QED) is 0.666. The number of carbonyl (C=O) groups is 1. The van der Waals surface area contributed by atoms with Crippen LogP contribution < -0.4 is 10.1 Å². The first-order valence-corrected chi connectivity index (χ1v) is 8.91. The molecular formula is C20H18FNO3S. The van der Waals surface area contributed by atoms with Gasteiger partial charge in [0.15, 0.2) is 18.2 Å². The second-order valence-corrected chi connectivity index (χ2v) is 6.81. The third kappa shape index (κ3) is 4.68. The van der Waals surface area contributed by atoms with Crippen LogP contribution in [0.3, 0.4) is 0 Å². The molecule has 0 saturated carbocycles. The smallest absolute Gasteiger partial charge is 0.258 e. The SMILES string of the molecule is O=C(COc1ccccc1F)NCc1ccc(C(O)c2ccccc2)s1. The maximum Gasteiger partial charge on any atom is 0.258 e. The van der Waals surface area contributed by atoms with Crippen molar-refractivity contribution in [2.24, 2.45) is 0 Å². The first-order valence-electron chi connectivity index (χ1n) is 8.09. The Bertz CT molecular complexity index is 866. The molecule has 1 heterocycles. The van der Waals surface area contributed by atoms with Crippen LogP contribution in [0.1, 0.15) is 21.4 Å². The number of carbonyl (C=O) groups excluding carboxylic acids is 1. The fourth-order valence-electron chi connectivity index (χ4n) is 2.38. The molecule has 2 aromatic carbocycles. The molecule has 1 atom stereocenters. The van der Waals surface area contributed by atoms with Gasteiger partial charge in [-0.2, -0.15) is 0 Å². The molecule has 0 saturated heterocycles. The summed E-state index contributed by atoms with van der Waals surface area (Å²) in [5.74, 6) is -0.794. The van der Waals surface area contributed by atoms with Gasteiger partial charge in [0.05, 0.1) is 6.54 Å². The highest BCUT2D eigenvalue weighted by Gasteiger charge is 2.13. The lowest BCUT2D eigenvalue weighted by Gasteiger charge is -2.08. The molecular weight excluding hydrogens is 353 g/mol. The van der Waals surface area contributed by atoms with Crippen LogP contribution in [0.2, 0.25) is 0 Å². The van der Waals surface area contributed by atoms with Gasteiger partial charge in [-0.3, -0.25) is 4.79 Å². The van der Waals surface area contributed by atoms with Gasteiger partial charge in [-0.25, -0.2) is 4.39 Å². The summed E-state index contributed by atoms with van der Waals surface area (Å²) < 4.78 is 18.6. The number of hydrogen-bond acceptors (Lipinski definition) is 4. The summed E-state index contributed by atoms with van der Waals surface area (Å²) in [6.45, 7) is 0.0669. The van der Waals surface area contributed by atoms with Crippen molar-refractivity contribution in [3.8, 4) is 5.75 Å². The molecule has 26 heavy (non-hydrogen) atoms. The van der Waals surface area contributed by atoms with Crippen molar-refractivity contribution >= 4 is 17.2 Å². The van der Waals surface area contributed by atoms with Crippen LogP contribution >= 0.6 is 11.3 Å². The first-order chi connectivity index (χ1) is 12.6. The van der Waals surface area contributed by atoms with Gasteiger partial charge in [0.2, 0.25) is 0 Å². The van der Waals surface area contributed by atoms with Crippen LogP contribution in [0.25, 0.3) is 0 Å². The Balaban J connectivity index is 1.50. The molecule has 2 N–H and O–H groups in total. The molecule has 0 aliphatic rings. The molecule has 3 aromatic rings. The highest BCUT2D eigenvalue weighted by atomic mass is 32.1. The van der Waals surface area contributed by atoms with Gasteiger partial charge >= 0.3 is 0 Å². The van der Waals surface area contributed by atoms with Crippen molar-refractivity contribution in [1.29, 1.82) is 0 Å². The van der Waals surface area contributed by atoms with E-state index >= 15 is 0 Å². The predicted molar refractivity (Wildman–Crippen MR) is 98.6 cm³/mol. The Kier molecular flexibility index (Phi) is 5.99. The Hall–Kier alpha value is -2.70. The number of para-hydroxylation sites is 1. The Morgan fingerprint density at radius 3 is 2.58 bits per heavy atom. The number of nitrogens with one attached hydrogen (secondary N) is 1. The second-order valence-electron chi connectivity index (χ2n) is 5.61. The summed E-state index contributed by atoms with van der Waals surface area (Å²) in [6, 6.07) is 19.0. The summed E-state index contributed by atoms with van der Waals surface area (Å²) in [5.41, 5.74) is 0.822. The highest BCUT2D eigenvalue weighted by molar-refractivity contribution is 7.12. The number of hydrogen-bond donors (Lipinski definition) is 2. The van der Waals surface area contributed by atoms with Gasteiger partial charge < -0.3 is 15.2 Å². The van der Waals surface area contributed by atoms with E-state index in [1.807, 2.05) is 42.5 Å². The normalized spacial score (nSPS) is 11.8. The third-order valence-corrected chi connectivity index (χ3v) is 4.86. The summed E-state index contributed by atoms with van der Waals surface area (Å²) in [7, 11) is 0. The minimum Gasteiger partial charge on any atom is -0.481 e. The van der Waals surface area contributed by atoms with E-state index in [0.29, 0.717) is 6.54 Å². The van der Waals surface area contributed by atoms with E-state index in [4.69, 9.17) is 4.74 Å². The second kappa shape index (κ2) is 8.60. The van der Waals surface area contributed by atoms with E-state index in [1.165, 1.54) is 23.5 Å². The molecule has 0 aliphatic heterocycles. The standard InChI is InChI=1S/C20H18FNO3S/c21-16-8-4-5-9-17(16)25-13-19(23)22-12-15-10-11-18(26-15)20(24)14-6-2-1-3-7-14/h1-11,20,24H,12-13H2,(H,22,23). The lowest BCUT2D eigenvalue weighted by atomic mass is 10.1. The molecule has 0 fully saturated rings. The Morgan fingerprint density at radius 2 is 1.81 bits per heavy atom. The number of aliphatic hydroxyl groups is 1. The van der Waals surface area contributed by atoms with Crippen molar-refractivity contribution in [2.45, 2.75) is 12.6 Å². The largest absolute Gasteiger partial charge is 0.481 e. The summed E-state index contributed by atoms with van der Waals surface area (Å²) in [6.07, 6.45) is -0.685. The number of thiophene rings is 1. The monoisotopic (exact) mass is 371 g/mol. The van der Waals surface area contributed by atoms with Gasteiger partial charge in [0.25, 0.3) is 5.91 Å². The minimum absolute atomic E-state index is 0.0482. The van der Waals surface area contributed by atoms with E-state index in [1.54, 1.807) is 12.1 Å². The predicted octanol–water partition coefficient (Wildman–Crippen LogP) is 3.66. The molecule has 0 radical (unpaired) electrons. The fraction of sp³-hybridized carbons (Fsp3) is 0.150. The summed E-state index contributed by atoms with van der Waals surface area (Å²) in [4.78, 5) is 13.6. The van der Waals surface area contributed by atoms with Crippen LogP contribution in [-0.2, 0) is 11.3 Å². The lowest BCUT2D eigenvalue weighted by molar-refractivity contribution is -0.123. The van der Waals surface area contributed by atoms with E-state index < -0.39 is 11.9 Å². The molecule has 1 unspecified atom stereocenters. The zero-order chi connectivity index (χ0) is 18.4. The molecule has 0 aliphatic carbocycles. The fourth-order valence-corrected chi connectivity index (χ4v) is 3.34. The van der Waals surface area contributed by atoms with E-state index in [2.05, 4.69) is 5.32 Å². The molecule has 0 spiro atoms. The molecule has 1 aromatic heterocycles. The first kappa shape index (κ1) is 18.1. The maximum atomic E-state index is 13.4. The number of benzene rings is 2. The number of amides is 1. The van der Waals surface area contributed by atoms with Crippen molar-refractivity contribution in [2.75, 3.05) is 6.61 Å². The van der Waals surface area contributed by atoms with Gasteiger partial charge in [0, 0.05) is 9.75 Å². The van der Waals surface area contributed by atoms with Crippen molar-refractivity contribution in [1.82, 2.24) is 5.32 Å². The zero-order valence-corrected chi connectivity index (χ0v) is 14.7. The molecule has 6 heteroatoms. The average Bonchev–Trinajstić information content (AvgIpc) is 3.15. The number of halogens is 1. The lowest BCUT2D eigenvalue weighted by Crippen LogP contribution is -2.28. The van der Waals surface area contributed by atoms with Crippen molar-refractivity contribution in [3.05, 3.63) is 87.9 Å². The zero-order valence-electron chi connectivity index (χ0n) is 13.9. The van der Waals surface area contributed by atoms with Crippen molar-refractivity contribution in [3.63, 3.8) is 0 Å². The van der Waals surface area contributed by atoms with Gasteiger partial charge in [-0.05, 0) is 29.8 Å². The summed E-state index contributed by atoms with van der Waals surface area (Å²) in [5, 5.41) is 13.1. The van der Waals surface area contributed by atoms with Crippen LogP contribution in [0.15, 0.2) is 66.7 Å². The Morgan fingerprint density at radius 1 is 1.08 bits per heavy atom. The van der Waals surface area contributed by atoms with E-state index in [0.717, 1.165) is 15.3 Å². The topological polar surface area (TPSA) is 58.6 Å². The summed E-state index contributed by atoms with van der Waals surface area (Å²) >= 11 is 1.43.